The highest BCUT2D eigenvalue weighted by Crippen LogP contribution is 1.97. The van der Waals surface area contributed by atoms with Gasteiger partial charge in [-0.3, -0.25) is 0 Å². The van der Waals surface area contributed by atoms with Crippen LogP contribution in [0.25, 0.3) is 0 Å². The van der Waals surface area contributed by atoms with Gasteiger partial charge in [-0.05, 0) is 0 Å². The molecule has 0 aromatic carbocycles. The summed E-state index contributed by atoms with van der Waals surface area (Å²) in [4.78, 5) is 23.5. The van der Waals surface area contributed by atoms with E-state index in [2.05, 4.69) is 11.3 Å². The van der Waals surface area contributed by atoms with Crippen molar-refractivity contribution in [3.8, 4) is 0 Å². The van der Waals surface area contributed by atoms with Gasteiger partial charge in [0, 0.05) is 30.9 Å². The lowest BCUT2D eigenvalue weighted by Gasteiger charge is -2.19. The van der Waals surface area contributed by atoms with Gasteiger partial charge in [0.1, 0.15) is 13.2 Å². The minimum Gasteiger partial charge on any atom is -0.459 e. The SMILES string of the molecule is C=CC(=O)OCCOC(=O)N(CCCl)CCCl. The van der Waals surface area contributed by atoms with Gasteiger partial charge >= 0.3 is 12.1 Å². The second kappa shape index (κ2) is 10.2. The van der Waals surface area contributed by atoms with Crippen LogP contribution in [-0.4, -0.2) is 55.0 Å². The Labute approximate surface area is 110 Å². The van der Waals surface area contributed by atoms with Crippen LogP contribution >= 0.6 is 23.2 Å². The van der Waals surface area contributed by atoms with Crippen molar-refractivity contribution in [2.75, 3.05) is 38.1 Å². The Morgan fingerprint density at radius 1 is 1.12 bits per heavy atom. The van der Waals surface area contributed by atoms with Crippen LogP contribution in [0, 0.1) is 0 Å². The molecule has 0 heterocycles. The molecular formula is C10H15Cl2NO4. The third kappa shape index (κ3) is 7.88. The lowest BCUT2D eigenvalue weighted by Crippen LogP contribution is -2.35. The van der Waals surface area contributed by atoms with E-state index < -0.39 is 12.1 Å². The van der Waals surface area contributed by atoms with E-state index in [9.17, 15) is 9.59 Å². The minimum atomic E-state index is -0.556. The van der Waals surface area contributed by atoms with Gasteiger partial charge in [0.15, 0.2) is 0 Å². The second-order valence-electron chi connectivity index (χ2n) is 2.85. The van der Waals surface area contributed by atoms with Crippen LogP contribution in [0.3, 0.4) is 0 Å². The molecule has 0 radical (unpaired) electrons. The van der Waals surface area contributed by atoms with Crippen molar-refractivity contribution in [1.29, 1.82) is 0 Å². The molecule has 0 unspecified atom stereocenters. The number of nitrogens with zero attached hydrogens (tertiary/aromatic N) is 1. The first-order valence-corrected chi connectivity index (χ1v) is 6.05. The van der Waals surface area contributed by atoms with Gasteiger partial charge in [0.05, 0.1) is 0 Å². The van der Waals surface area contributed by atoms with Crippen molar-refractivity contribution in [3.63, 3.8) is 0 Å². The van der Waals surface area contributed by atoms with Crippen LogP contribution in [0.2, 0.25) is 0 Å². The normalized spacial score (nSPS) is 9.53. The minimum absolute atomic E-state index is 0.00775. The lowest BCUT2D eigenvalue weighted by atomic mass is 10.5. The first-order valence-electron chi connectivity index (χ1n) is 4.98. The molecule has 98 valence electrons. The third-order valence-corrected chi connectivity index (χ3v) is 2.02. The Hall–Kier alpha value is -0.940. The molecule has 5 nitrogen and oxygen atoms in total. The van der Waals surface area contributed by atoms with Crippen molar-refractivity contribution in [3.05, 3.63) is 12.7 Å². The Kier molecular flexibility index (Phi) is 9.66. The number of hydrogen-bond acceptors (Lipinski definition) is 4. The smallest absolute Gasteiger partial charge is 0.409 e. The fourth-order valence-electron chi connectivity index (χ4n) is 0.920. The quantitative estimate of drug-likeness (QED) is 0.294. The fraction of sp³-hybridized carbons (Fsp3) is 0.600. The average Bonchev–Trinajstić information content (AvgIpc) is 2.33. The molecule has 0 atom stereocenters. The number of carbonyl (C=O) groups is 2. The van der Waals surface area contributed by atoms with Gasteiger partial charge in [-0.1, -0.05) is 6.58 Å². The summed E-state index contributed by atoms with van der Waals surface area (Å²) in [6.07, 6.45) is 0.510. The number of ether oxygens (including phenoxy) is 2. The van der Waals surface area contributed by atoms with Crippen molar-refractivity contribution < 1.29 is 19.1 Å². The van der Waals surface area contributed by atoms with Crippen LogP contribution in [0.15, 0.2) is 12.7 Å². The van der Waals surface area contributed by atoms with Crippen LogP contribution < -0.4 is 0 Å². The summed E-state index contributed by atoms with van der Waals surface area (Å²) in [5, 5.41) is 0. The number of amides is 1. The van der Waals surface area contributed by atoms with Crippen LogP contribution in [0.4, 0.5) is 4.79 Å². The molecule has 0 aliphatic rings. The van der Waals surface area contributed by atoms with E-state index in [4.69, 9.17) is 27.9 Å². The molecule has 17 heavy (non-hydrogen) atoms. The highest BCUT2D eigenvalue weighted by Gasteiger charge is 2.13. The van der Waals surface area contributed by atoms with E-state index in [0.717, 1.165) is 6.08 Å². The number of halogens is 2. The molecule has 1 amide bonds. The molecular weight excluding hydrogens is 269 g/mol. The number of rotatable bonds is 8. The Balaban J connectivity index is 3.81. The third-order valence-electron chi connectivity index (χ3n) is 1.69. The number of carbonyl (C=O) groups excluding carboxylic acids is 2. The monoisotopic (exact) mass is 283 g/mol. The zero-order valence-corrected chi connectivity index (χ0v) is 10.9. The predicted molar refractivity (Wildman–Crippen MR) is 65.5 cm³/mol. The summed E-state index contributed by atoms with van der Waals surface area (Å²) in [5.74, 6) is 0.0499. The van der Waals surface area contributed by atoms with Crippen molar-refractivity contribution in [2.24, 2.45) is 0 Å². The maximum Gasteiger partial charge on any atom is 0.409 e. The average molecular weight is 284 g/mol. The van der Waals surface area contributed by atoms with Crippen LogP contribution in [-0.2, 0) is 14.3 Å². The molecule has 0 N–H and O–H groups in total. The van der Waals surface area contributed by atoms with E-state index in [1.807, 2.05) is 0 Å². The summed E-state index contributed by atoms with van der Waals surface area (Å²) in [6, 6.07) is 0. The summed E-state index contributed by atoms with van der Waals surface area (Å²) in [6.45, 7) is 3.93. The van der Waals surface area contributed by atoms with E-state index in [1.54, 1.807) is 0 Å². The summed E-state index contributed by atoms with van der Waals surface area (Å²) in [5.41, 5.74) is 0. The maximum atomic E-state index is 11.5. The molecule has 0 bridgehead atoms. The zero-order valence-electron chi connectivity index (χ0n) is 9.36. The molecule has 0 aliphatic carbocycles. The molecule has 0 aromatic rings. The standard InChI is InChI=1S/C10H15Cl2NO4/c1-2-9(14)16-7-8-17-10(15)13(5-3-11)6-4-12/h2H,1,3-8H2. The molecule has 0 aromatic heterocycles. The van der Waals surface area contributed by atoms with Gasteiger partial charge in [0.2, 0.25) is 0 Å². The van der Waals surface area contributed by atoms with E-state index in [-0.39, 0.29) is 13.2 Å². The number of hydrogen-bond donors (Lipinski definition) is 0. The van der Waals surface area contributed by atoms with Crippen LogP contribution in [0.5, 0.6) is 0 Å². The first kappa shape index (κ1) is 16.1. The van der Waals surface area contributed by atoms with Crippen molar-refractivity contribution in [2.45, 2.75) is 0 Å². The van der Waals surface area contributed by atoms with Crippen LogP contribution in [0.1, 0.15) is 0 Å². The second-order valence-corrected chi connectivity index (χ2v) is 3.61. The fourth-order valence-corrected chi connectivity index (χ4v) is 1.33. The summed E-state index contributed by atoms with van der Waals surface area (Å²) < 4.78 is 9.50. The summed E-state index contributed by atoms with van der Waals surface area (Å²) >= 11 is 11.0. The predicted octanol–water partition coefficient (Wildman–Crippen LogP) is 1.63. The molecule has 0 saturated carbocycles. The van der Waals surface area contributed by atoms with Gasteiger partial charge in [-0.15, -0.1) is 23.2 Å². The maximum absolute atomic E-state index is 11.5. The Morgan fingerprint density at radius 3 is 2.12 bits per heavy atom. The first-order chi connectivity index (χ1) is 8.15. The molecule has 0 rings (SSSR count). The molecule has 7 heteroatoms. The highest BCUT2D eigenvalue weighted by molar-refractivity contribution is 6.18. The van der Waals surface area contributed by atoms with Crippen molar-refractivity contribution in [1.82, 2.24) is 4.90 Å². The van der Waals surface area contributed by atoms with E-state index in [0.29, 0.717) is 24.8 Å². The van der Waals surface area contributed by atoms with E-state index in [1.165, 1.54) is 4.90 Å². The topological polar surface area (TPSA) is 55.8 Å². The zero-order chi connectivity index (χ0) is 13.1. The molecule has 0 fully saturated rings. The van der Waals surface area contributed by atoms with Gasteiger partial charge < -0.3 is 14.4 Å². The van der Waals surface area contributed by atoms with Crippen molar-refractivity contribution >= 4 is 35.3 Å². The highest BCUT2D eigenvalue weighted by atomic mass is 35.5. The lowest BCUT2D eigenvalue weighted by molar-refractivity contribution is -0.138. The number of alkyl halides is 2. The van der Waals surface area contributed by atoms with Gasteiger partial charge in [-0.25, -0.2) is 9.59 Å². The molecule has 0 spiro atoms. The van der Waals surface area contributed by atoms with E-state index >= 15 is 0 Å². The number of esters is 1. The Morgan fingerprint density at radius 2 is 1.65 bits per heavy atom. The largest absolute Gasteiger partial charge is 0.459 e. The van der Waals surface area contributed by atoms with Gasteiger partial charge in [-0.2, -0.15) is 0 Å². The summed E-state index contributed by atoms with van der Waals surface area (Å²) in [7, 11) is 0. The van der Waals surface area contributed by atoms with Gasteiger partial charge in [0.25, 0.3) is 0 Å². The molecule has 0 saturated heterocycles. The Bertz CT molecular complexity index is 255. The molecule has 0 aliphatic heterocycles.